The minimum Gasteiger partial charge on any atom is -0.486 e. The number of likely N-dealkylation sites (tertiary alicyclic amines) is 2. The number of benzene rings is 2. The number of rotatable bonds is 6. The average molecular weight is 521 g/mol. The summed E-state index contributed by atoms with van der Waals surface area (Å²) in [5.74, 6) is 0.641. The van der Waals surface area contributed by atoms with Crippen LogP contribution in [-0.2, 0) is 20.2 Å². The van der Waals surface area contributed by atoms with Gasteiger partial charge in [-0.3, -0.25) is 4.90 Å². The number of halogens is 3. The second-order valence-corrected chi connectivity index (χ2v) is 10.9. The second kappa shape index (κ2) is 10.7. The number of fused-ring (bicyclic) bond motifs is 1. The van der Waals surface area contributed by atoms with Crippen molar-refractivity contribution >= 4 is 45.7 Å². The van der Waals surface area contributed by atoms with Gasteiger partial charge in [-0.05, 0) is 93.8 Å². The predicted octanol–water partition coefficient (Wildman–Crippen LogP) is 7.17. The van der Waals surface area contributed by atoms with Gasteiger partial charge in [-0.15, -0.1) is 0 Å². The van der Waals surface area contributed by atoms with Crippen LogP contribution in [0.25, 0.3) is 10.9 Å². The number of nitrogens with zero attached hydrogens (tertiary/aromatic N) is 3. The van der Waals surface area contributed by atoms with Gasteiger partial charge in [-0.1, -0.05) is 41.2 Å². The minimum atomic E-state index is 0.434. The van der Waals surface area contributed by atoms with Gasteiger partial charge in [0.25, 0.3) is 0 Å². The summed E-state index contributed by atoms with van der Waals surface area (Å²) in [6, 6.07) is 12.2. The Morgan fingerprint density at radius 1 is 0.882 bits per heavy atom. The van der Waals surface area contributed by atoms with Crippen LogP contribution < -0.4 is 4.74 Å². The maximum Gasteiger partial charge on any atom is 0.138 e. The van der Waals surface area contributed by atoms with Crippen LogP contribution in [0.4, 0.5) is 0 Å². The molecule has 2 aliphatic rings. The molecule has 0 amide bonds. The smallest absolute Gasteiger partial charge is 0.138 e. The first-order valence-electron chi connectivity index (χ1n) is 12.3. The topological polar surface area (TPSA) is 20.6 Å². The molecule has 4 nitrogen and oxygen atoms in total. The van der Waals surface area contributed by atoms with E-state index < -0.39 is 0 Å². The van der Waals surface area contributed by atoms with Gasteiger partial charge in [-0.25, -0.2) is 0 Å². The van der Waals surface area contributed by atoms with E-state index in [1.54, 1.807) is 12.1 Å². The van der Waals surface area contributed by atoms with E-state index in [9.17, 15) is 0 Å². The normalized spacial score (nSPS) is 18.6. The summed E-state index contributed by atoms with van der Waals surface area (Å²) in [5.41, 5.74) is 3.62. The van der Waals surface area contributed by atoms with Crippen molar-refractivity contribution in [2.24, 2.45) is 7.05 Å². The second-order valence-electron chi connectivity index (χ2n) is 9.61. The summed E-state index contributed by atoms with van der Waals surface area (Å²) < 4.78 is 8.40. The molecule has 0 saturated carbocycles. The largest absolute Gasteiger partial charge is 0.486 e. The summed E-state index contributed by atoms with van der Waals surface area (Å²) in [6.07, 6.45) is 6.61. The third-order valence-corrected chi connectivity index (χ3v) is 8.27. The van der Waals surface area contributed by atoms with Crippen LogP contribution >= 0.6 is 34.8 Å². The highest BCUT2D eigenvalue weighted by Crippen LogP contribution is 2.33. The maximum absolute atomic E-state index is 6.42. The lowest BCUT2D eigenvalue weighted by Gasteiger charge is -2.40. The van der Waals surface area contributed by atoms with Crippen LogP contribution in [0.5, 0.6) is 5.75 Å². The van der Waals surface area contributed by atoms with Gasteiger partial charge in [0.15, 0.2) is 0 Å². The highest BCUT2D eigenvalue weighted by Gasteiger charge is 2.27. The SMILES string of the molecule is Cn1c(COc2ccc(Cl)cc2Cl)c(CN2CCC(N3CCCCC3)CC2)c2cc(Cl)ccc21. The quantitative estimate of drug-likeness (QED) is 0.344. The lowest BCUT2D eigenvalue weighted by atomic mass is 9.99. The first-order valence-corrected chi connectivity index (χ1v) is 13.4. The zero-order chi connectivity index (χ0) is 23.7. The molecular weight excluding hydrogens is 489 g/mol. The Morgan fingerprint density at radius 3 is 2.32 bits per heavy atom. The van der Waals surface area contributed by atoms with E-state index in [1.807, 2.05) is 12.1 Å². The van der Waals surface area contributed by atoms with Crippen molar-refractivity contribution in [2.75, 3.05) is 26.2 Å². The highest BCUT2D eigenvalue weighted by atomic mass is 35.5. The molecule has 2 aliphatic heterocycles. The van der Waals surface area contributed by atoms with Crippen molar-refractivity contribution in [1.82, 2.24) is 14.4 Å². The van der Waals surface area contributed by atoms with Gasteiger partial charge in [0.2, 0.25) is 0 Å². The number of piperidine rings is 2. The van der Waals surface area contributed by atoms with Crippen LogP contribution in [-0.4, -0.2) is 46.6 Å². The molecular formula is C27H32Cl3N3O. The van der Waals surface area contributed by atoms with Crippen LogP contribution in [0.1, 0.15) is 43.4 Å². The molecule has 2 aromatic carbocycles. The van der Waals surface area contributed by atoms with Crippen molar-refractivity contribution in [2.45, 2.75) is 51.3 Å². The van der Waals surface area contributed by atoms with E-state index >= 15 is 0 Å². The van der Waals surface area contributed by atoms with Gasteiger partial charge < -0.3 is 14.2 Å². The van der Waals surface area contributed by atoms with Gasteiger partial charge in [-0.2, -0.15) is 0 Å². The highest BCUT2D eigenvalue weighted by molar-refractivity contribution is 6.35. The maximum atomic E-state index is 6.42. The van der Waals surface area contributed by atoms with Gasteiger partial charge >= 0.3 is 0 Å². The van der Waals surface area contributed by atoms with E-state index in [1.165, 1.54) is 61.7 Å². The summed E-state index contributed by atoms with van der Waals surface area (Å²) in [7, 11) is 2.10. The van der Waals surface area contributed by atoms with Crippen LogP contribution in [0, 0.1) is 0 Å². The number of hydrogen-bond acceptors (Lipinski definition) is 3. The Balaban J connectivity index is 1.35. The zero-order valence-corrected chi connectivity index (χ0v) is 22.0. The van der Waals surface area contributed by atoms with E-state index in [2.05, 4.69) is 33.5 Å². The van der Waals surface area contributed by atoms with E-state index in [0.29, 0.717) is 22.4 Å². The molecule has 0 N–H and O–H groups in total. The summed E-state index contributed by atoms with van der Waals surface area (Å²) in [5, 5.41) is 3.09. The number of hydrogen-bond donors (Lipinski definition) is 0. The van der Waals surface area contributed by atoms with Gasteiger partial charge in [0.1, 0.15) is 12.4 Å². The van der Waals surface area contributed by atoms with Crippen LogP contribution in [0.2, 0.25) is 15.1 Å². The number of aryl methyl sites for hydroxylation is 1. The fourth-order valence-corrected chi connectivity index (χ4v) is 6.23. The Hall–Kier alpha value is -1.43. The molecule has 0 bridgehead atoms. The average Bonchev–Trinajstić information content (AvgIpc) is 3.09. The third kappa shape index (κ3) is 5.22. The van der Waals surface area contributed by atoms with Crippen LogP contribution in [0.3, 0.4) is 0 Å². The molecule has 0 radical (unpaired) electrons. The Kier molecular flexibility index (Phi) is 7.62. The molecule has 34 heavy (non-hydrogen) atoms. The number of aromatic nitrogens is 1. The van der Waals surface area contributed by atoms with E-state index in [0.717, 1.165) is 36.4 Å². The van der Waals surface area contributed by atoms with Crippen molar-refractivity contribution in [3.05, 3.63) is 62.7 Å². The molecule has 182 valence electrons. The van der Waals surface area contributed by atoms with Crippen molar-refractivity contribution in [3.63, 3.8) is 0 Å². The predicted molar refractivity (Wildman–Crippen MR) is 142 cm³/mol. The van der Waals surface area contributed by atoms with E-state index in [-0.39, 0.29) is 0 Å². The van der Waals surface area contributed by atoms with Crippen molar-refractivity contribution in [3.8, 4) is 5.75 Å². The molecule has 0 aliphatic carbocycles. The van der Waals surface area contributed by atoms with Crippen molar-refractivity contribution < 1.29 is 4.74 Å². The molecule has 5 rings (SSSR count). The Morgan fingerprint density at radius 2 is 1.59 bits per heavy atom. The molecule has 3 heterocycles. The lowest BCUT2D eigenvalue weighted by molar-refractivity contribution is 0.0895. The molecule has 1 aromatic heterocycles. The fourth-order valence-electron chi connectivity index (χ4n) is 5.59. The summed E-state index contributed by atoms with van der Waals surface area (Å²) in [4.78, 5) is 5.32. The molecule has 0 spiro atoms. The van der Waals surface area contributed by atoms with Gasteiger partial charge in [0.05, 0.1) is 10.7 Å². The first kappa shape index (κ1) is 24.3. The molecule has 7 heteroatoms. The molecule has 0 unspecified atom stereocenters. The zero-order valence-electron chi connectivity index (χ0n) is 19.7. The third-order valence-electron chi connectivity index (χ3n) is 7.50. The minimum absolute atomic E-state index is 0.434. The van der Waals surface area contributed by atoms with E-state index in [4.69, 9.17) is 39.5 Å². The molecule has 2 fully saturated rings. The molecule has 3 aromatic rings. The van der Waals surface area contributed by atoms with Gasteiger partial charge in [0, 0.05) is 40.6 Å². The lowest BCUT2D eigenvalue weighted by Crippen LogP contribution is -2.46. The Bertz CT molecular complexity index is 1150. The summed E-state index contributed by atoms with van der Waals surface area (Å²) >= 11 is 18.8. The standard InChI is InChI=1S/C27H32Cl3N3O/c1-31-25-7-5-19(28)15-22(25)23(26(31)18-34-27-8-6-20(29)16-24(27)30)17-32-13-9-21(10-14-32)33-11-3-2-4-12-33/h5-8,15-16,21H,2-4,9-14,17-18H2,1H3. The summed E-state index contributed by atoms with van der Waals surface area (Å²) in [6.45, 7) is 6.15. The monoisotopic (exact) mass is 519 g/mol. The Labute approximate surface area is 217 Å². The van der Waals surface area contributed by atoms with Crippen LogP contribution in [0.15, 0.2) is 36.4 Å². The van der Waals surface area contributed by atoms with Crippen molar-refractivity contribution in [1.29, 1.82) is 0 Å². The number of ether oxygens (including phenoxy) is 1. The fraction of sp³-hybridized carbons (Fsp3) is 0.481. The molecule has 0 atom stereocenters. The first-order chi connectivity index (χ1) is 16.5. The molecule has 2 saturated heterocycles.